The highest BCUT2D eigenvalue weighted by Gasteiger charge is 2.25. The van der Waals surface area contributed by atoms with E-state index in [9.17, 15) is 14.4 Å². The van der Waals surface area contributed by atoms with Crippen LogP contribution in [0.5, 0.6) is 0 Å². The van der Waals surface area contributed by atoms with Crippen LogP contribution >= 0.6 is 11.6 Å². The van der Waals surface area contributed by atoms with E-state index in [-0.39, 0.29) is 36.4 Å². The number of carbonyl (C=O) groups excluding carboxylic acids is 3. The molecule has 1 N–H and O–H groups in total. The van der Waals surface area contributed by atoms with E-state index in [0.29, 0.717) is 12.8 Å². The van der Waals surface area contributed by atoms with Gasteiger partial charge in [-0.25, -0.2) is 4.79 Å². The third-order valence-corrected chi connectivity index (χ3v) is 4.28. The fraction of sp³-hybridized carbons (Fsp3) is 0.824. The first-order valence-electron chi connectivity index (χ1n) is 8.65. The highest BCUT2D eigenvalue weighted by Crippen LogP contribution is 2.24. The largest absolute Gasteiger partial charge is 0.463 e. The Labute approximate surface area is 152 Å². The van der Waals surface area contributed by atoms with Crippen LogP contribution in [-0.4, -0.2) is 46.9 Å². The summed E-state index contributed by atoms with van der Waals surface area (Å²) in [6, 6.07) is 0. The van der Waals surface area contributed by atoms with Crippen molar-refractivity contribution in [3.63, 3.8) is 0 Å². The number of aliphatic hydroxyl groups excluding tert-OH is 1. The van der Waals surface area contributed by atoms with Crippen molar-refractivity contribution in [3.05, 3.63) is 0 Å². The van der Waals surface area contributed by atoms with Crippen LogP contribution in [0.1, 0.15) is 65.2 Å². The minimum atomic E-state index is -0.763. The molecule has 144 valence electrons. The van der Waals surface area contributed by atoms with E-state index in [0.717, 1.165) is 38.5 Å². The number of halogens is 1. The molecule has 0 atom stereocenters. The first kappa shape index (κ1) is 21.7. The Kier molecular flexibility index (Phi) is 9.82. The fourth-order valence-corrected chi connectivity index (χ4v) is 3.16. The van der Waals surface area contributed by atoms with Gasteiger partial charge in [0.1, 0.15) is 18.3 Å². The molecule has 0 spiro atoms. The molecule has 8 heteroatoms. The summed E-state index contributed by atoms with van der Waals surface area (Å²) in [6.07, 6.45) is 5.73. The van der Waals surface area contributed by atoms with Gasteiger partial charge in [-0.1, -0.05) is 0 Å². The fourth-order valence-electron chi connectivity index (χ4n) is 3.03. The molecule has 0 bridgehead atoms. The van der Waals surface area contributed by atoms with Crippen LogP contribution in [-0.2, 0) is 23.8 Å². The van der Waals surface area contributed by atoms with Gasteiger partial charge in [0.2, 0.25) is 0 Å². The molecule has 2 saturated carbocycles. The minimum absolute atomic E-state index is 0.0298. The van der Waals surface area contributed by atoms with Gasteiger partial charge < -0.3 is 19.3 Å². The van der Waals surface area contributed by atoms with Crippen LogP contribution in [0.3, 0.4) is 0 Å². The van der Waals surface area contributed by atoms with Crippen LogP contribution in [0.15, 0.2) is 0 Å². The molecule has 0 radical (unpaired) electrons. The zero-order valence-electron chi connectivity index (χ0n) is 14.7. The lowest BCUT2D eigenvalue weighted by atomic mass is 9.95. The van der Waals surface area contributed by atoms with Gasteiger partial charge in [-0.05, 0) is 51.4 Å². The molecule has 2 aliphatic carbocycles. The van der Waals surface area contributed by atoms with E-state index < -0.39 is 5.43 Å². The molecule has 0 unspecified atom stereocenters. The van der Waals surface area contributed by atoms with Crippen molar-refractivity contribution in [2.24, 2.45) is 0 Å². The van der Waals surface area contributed by atoms with Gasteiger partial charge >= 0.3 is 17.4 Å². The maximum absolute atomic E-state index is 10.6. The predicted octanol–water partition coefficient (Wildman–Crippen LogP) is 3.09. The maximum Gasteiger partial charge on any atom is 0.404 e. The molecule has 0 aromatic rings. The molecule has 0 aromatic carbocycles. The van der Waals surface area contributed by atoms with Crippen LogP contribution in [0.25, 0.3) is 0 Å². The van der Waals surface area contributed by atoms with Crippen molar-refractivity contribution < 1.29 is 33.7 Å². The van der Waals surface area contributed by atoms with Crippen LogP contribution in [0, 0.1) is 0 Å². The molecular formula is C17H27ClO7. The monoisotopic (exact) mass is 378 g/mol. The number of hydrogen-bond donors (Lipinski definition) is 1. The molecule has 0 heterocycles. The third-order valence-electron chi connectivity index (χ3n) is 4.19. The van der Waals surface area contributed by atoms with Crippen LogP contribution < -0.4 is 0 Å². The van der Waals surface area contributed by atoms with Crippen molar-refractivity contribution in [2.45, 2.75) is 89.6 Å². The van der Waals surface area contributed by atoms with Crippen molar-refractivity contribution in [2.75, 3.05) is 0 Å². The highest BCUT2D eigenvalue weighted by atomic mass is 35.5. The molecule has 0 amide bonds. The maximum atomic E-state index is 10.6. The van der Waals surface area contributed by atoms with Gasteiger partial charge in [0.15, 0.2) is 0 Å². The molecule has 2 fully saturated rings. The Hall–Kier alpha value is -1.34. The summed E-state index contributed by atoms with van der Waals surface area (Å²) in [5.74, 6) is -0.478. The smallest absolute Gasteiger partial charge is 0.404 e. The average molecular weight is 379 g/mol. The van der Waals surface area contributed by atoms with Crippen LogP contribution in [0.4, 0.5) is 4.79 Å². The normalized spacial score (nSPS) is 28.8. The lowest BCUT2D eigenvalue weighted by Gasteiger charge is -2.26. The quantitative estimate of drug-likeness (QED) is 0.457. The van der Waals surface area contributed by atoms with Crippen LogP contribution in [0.2, 0.25) is 0 Å². The number of carbonyl (C=O) groups is 3. The van der Waals surface area contributed by atoms with Gasteiger partial charge in [-0.2, -0.15) is 0 Å². The minimum Gasteiger partial charge on any atom is -0.463 e. The van der Waals surface area contributed by atoms with Gasteiger partial charge in [-0.3, -0.25) is 9.59 Å². The van der Waals surface area contributed by atoms with Crippen molar-refractivity contribution >= 4 is 29.0 Å². The summed E-state index contributed by atoms with van der Waals surface area (Å²) < 4.78 is 14.9. The van der Waals surface area contributed by atoms with Gasteiger partial charge in [0.05, 0.1) is 6.10 Å². The Morgan fingerprint density at radius 3 is 1.36 bits per heavy atom. The second kappa shape index (κ2) is 11.3. The van der Waals surface area contributed by atoms with Gasteiger partial charge in [0, 0.05) is 25.4 Å². The number of esters is 2. The Bertz CT molecular complexity index is 414. The summed E-state index contributed by atoms with van der Waals surface area (Å²) in [7, 11) is 0. The number of hydrogen-bond acceptors (Lipinski definition) is 7. The SMILES string of the molecule is CC(=O)OC1CCC(O)CC1.CC(=O)OC1CCC(OC(=O)Cl)CC1. The average Bonchev–Trinajstić information content (AvgIpc) is 2.51. The van der Waals surface area contributed by atoms with E-state index in [1.807, 2.05) is 0 Å². The molecule has 25 heavy (non-hydrogen) atoms. The van der Waals surface area contributed by atoms with E-state index in [1.165, 1.54) is 13.8 Å². The molecule has 2 rings (SSSR count). The standard InChI is InChI=1S/C9H13ClO4.C8H14O3/c1-6(11)13-7-2-4-8(5-3-7)14-9(10)12;1-6(9)11-8-4-2-7(10)3-5-8/h7-8H,2-5H2,1H3;7-8,10H,2-5H2,1H3. The molecule has 0 aliphatic heterocycles. The number of aliphatic hydroxyl groups is 1. The summed E-state index contributed by atoms with van der Waals surface area (Å²) in [4.78, 5) is 31.6. The summed E-state index contributed by atoms with van der Waals surface area (Å²) >= 11 is 5.09. The lowest BCUT2D eigenvalue weighted by Crippen LogP contribution is -2.28. The Balaban J connectivity index is 0.000000257. The third kappa shape index (κ3) is 10.3. The Morgan fingerprint density at radius 1 is 0.720 bits per heavy atom. The topological polar surface area (TPSA) is 99.1 Å². The van der Waals surface area contributed by atoms with Crippen molar-refractivity contribution in [1.82, 2.24) is 0 Å². The zero-order valence-corrected chi connectivity index (χ0v) is 15.5. The number of rotatable bonds is 3. The van der Waals surface area contributed by atoms with Gasteiger partial charge in [-0.15, -0.1) is 0 Å². The lowest BCUT2D eigenvalue weighted by molar-refractivity contribution is -0.149. The zero-order chi connectivity index (χ0) is 18.8. The van der Waals surface area contributed by atoms with E-state index in [4.69, 9.17) is 30.9 Å². The van der Waals surface area contributed by atoms with Crippen molar-refractivity contribution in [3.8, 4) is 0 Å². The second-order valence-corrected chi connectivity index (χ2v) is 6.71. The van der Waals surface area contributed by atoms with Gasteiger partial charge in [0.25, 0.3) is 0 Å². The van der Waals surface area contributed by atoms with E-state index in [1.54, 1.807) is 0 Å². The second-order valence-electron chi connectivity index (χ2n) is 6.40. The summed E-state index contributed by atoms with van der Waals surface area (Å²) in [6.45, 7) is 2.82. The summed E-state index contributed by atoms with van der Waals surface area (Å²) in [5.41, 5.74) is -0.763. The first-order valence-corrected chi connectivity index (χ1v) is 9.02. The molecular weight excluding hydrogens is 352 g/mol. The Morgan fingerprint density at radius 2 is 1.04 bits per heavy atom. The summed E-state index contributed by atoms with van der Waals surface area (Å²) in [5, 5.41) is 9.12. The molecule has 2 aliphatic rings. The predicted molar refractivity (Wildman–Crippen MR) is 90.2 cm³/mol. The molecule has 0 saturated heterocycles. The molecule has 7 nitrogen and oxygen atoms in total. The first-order chi connectivity index (χ1) is 11.8. The van der Waals surface area contributed by atoms with E-state index >= 15 is 0 Å². The van der Waals surface area contributed by atoms with E-state index in [2.05, 4.69) is 0 Å². The van der Waals surface area contributed by atoms with Crippen molar-refractivity contribution in [1.29, 1.82) is 0 Å². The number of ether oxygens (including phenoxy) is 3. The molecule has 0 aromatic heterocycles. The highest BCUT2D eigenvalue weighted by molar-refractivity contribution is 6.61.